The third-order valence-electron chi connectivity index (χ3n) is 0.562. The van der Waals surface area contributed by atoms with E-state index in [4.69, 9.17) is 0 Å². The summed E-state index contributed by atoms with van der Waals surface area (Å²) < 4.78 is 0. The predicted molar refractivity (Wildman–Crippen MR) is 33.7 cm³/mol. The van der Waals surface area contributed by atoms with Gasteiger partial charge in [0.15, 0.2) is 0 Å². The highest BCUT2D eigenvalue weighted by atomic mass is 32.4. The second kappa shape index (κ2) is 3.45. The van der Waals surface area contributed by atoms with Gasteiger partial charge in [-0.25, -0.2) is 0 Å². The summed E-state index contributed by atoms with van der Waals surface area (Å²) in [6, 6.07) is 0. The summed E-state index contributed by atoms with van der Waals surface area (Å²) in [4.78, 5) is 0. The molecule has 0 aromatic rings. The van der Waals surface area contributed by atoms with Gasteiger partial charge in [-0.05, 0) is 19.2 Å². The summed E-state index contributed by atoms with van der Waals surface area (Å²) in [5, 5.41) is 1.25. The van der Waals surface area contributed by atoms with Gasteiger partial charge in [-0.15, -0.1) is 0 Å². The molecule has 0 N–H and O–H groups in total. The van der Waals surface area contributed by atoms with E-state index in [1.165, 1.54) is 5.31 Å². The van der Waals surface area contributed by atoms with Gasteiger partial charge in [0, 0.05) is 7.36 Å². The summed E-state index contributed by atoms with van der Waals surface area (Å²) in [6.45, 7) is 4.02. The smallest absolute Gasteiger partial charge is 0.00469 e. The molecule has 0 amide bonds. The van der Waals surface area contributed by atoms with Crippen molar-refractivity contribution in [1.82, 2.24) is 0 Å². The molecule has 0 heterocycles. The molecular formula is C4H7PS. The van der Waals surface area contributed by atoms with Gasteiger partial charge in [-0.3, -0.25) is 0 Å². The Morgan fingerprint density at radius 3 is 2.33 bits per heavy atom. The topological polar surface area (TPSA) is 0 Å². The second-order valence-corrected chi connectivity index (χ2v) is 2.46. The van der Waals surface area contributed by atoms with E-state index in [1.807, 2.05) is 19.9 Å². The Labute approximate surface area is 45.1 Å². The van der Waals surface area contributed by atoms with E-state index >= 15 is 0 Å². The maximum Gasteiger partial charge on any atom is 0.00469 e. The number of hydrogen-bond donors (Lipinski definition) is 0. The van der Waals surface area contributed by atoms with Crippen molar-refractivity contribution in [1.29, 1.82) is 0 Å². The van der Waals surface area contributed by atoms with E-state index < -0.39 is 0 Å². The van der Waals surface area contributed by atoms with E-state index in [0.29, 0.717) is 0 Å². The Bertz CT molecular complexity index is 75.6. The van der Waals surface area contributed by atoms with Crippen LogP contribution in [0.5, 0.6) is 0 Å². The maximum atomic E-state index is 4.68. The molecule has 6 heavy (non-hydrogen) atoms. The molecule has 34 valence electrons. The fourth-order valence-corrected chi connectivity index (χ4v) is 0.474. The van der Waals surface area contributed by atoms with Crippen molar-refractivity contribution >= 4 is 19.2 Å². The first-order chi connectivity index (χ1) is 2.81. The van der Waals surface area contributed by atoms with E-state index in [0.717, 1.165) is 7.36 Å². The highest BCUT2D eigenvalue weighted by Gasteiger charge is 1.70. The van der Waals surface area contributed by atoms with Crippen molar-refractivity contribution in [2.24, 2.45) is 0 Å². The van der Waals surface area contributed by atoms with E-state index in [2.05, 4.69) is 11.8 Å². The third-order valence-corrected chi connectivity index (χ3v) is 1.97. The Balaban J connectivity index is 3.50. The summed E-state index contributed by atoms with van der Waals surface area (Å²) in [6.07, 6.45) is 2.02. The number of rotatable bonds is 1. The first-order valence-electron chi connectivity index (χ1n) is 1.77. The summed E-state index contributed by atoms with van der Waals surface area (Å²) in [5.74, 6) is 0. The molecule has 0 spiro atoms. The molecular weight excluding hydrogens is 111 g/mol. The lowest BCUT2D eigenvalue weighted by Crippen LogP contribution is -1.47. The molecule has 0 aromatic heterocycles. The van der Waals surface area contributed by atoms with Crippen LogP contribution in [-0.2, 0) is 11.8 Å². The standard InChI is InChI=1S/C4H7PS/c1-3-4(2)5-6/h3H,1-2H3. The Morgan fingerprint density at radius 2 is 2.33 bits per heavy atom. The van der Waals surface area contributed by atoms with Gasteiger partial charge in [0.25, 0.3) is 0 Å². The lowest BCUT2D eigenvalue weighted by atomic mass is 10.6. The molecule has 0 radical (unpaired) electrons. The molecule has 0 aliphatic rings. The Hall–Kier alpha value is 0.260. The van der Waals surface area contributed by atoms with Crippen LogP contribution in [0.4, 0.5) is 0 Å². The quantitative estimate of drug-likeness (QED) is 0.476. The molecule has 0 aliphatic carbocycles. The normalized spacial score (nSPS) is 12.7. The Kier molecular flexibility index (Phi) is 3.60. The molecule has 0 nitrogen and oxygen atoms in total. The molecule has 0 atom stereocenters. The van der Waals surface area contributed by atoms with Crippen molar-refractivity contribution in [2.45, 2.75) is 13.8 Å². The van der Waals surface area contributed by atoms with Gasteiger partial charge in [0.1, 0.15) is 0 Å². The fraction of sp³-hybridized carbons (Fsp3) is 0.500. The SMILES string of the molecule is CC=C(C)P=S. The lowest BCUT2D eigenvalue weighted by Gasteiger charge is -1.75. The third kappa shape index (κ3) is 2.49. The maximum absolute atomic E-state index is 4.68. The second-order valence-electron chi connectivity index (χ2n) is 1.02. The van der Waals surface area contributed by atoms with Crippen LogP contribution in [0.1, 0.15) is 13.8 Å². The molecule has 2 heteroatoms. The zero-order valence-electron chi connectivity index (χ0n) is 3.93. The van der Waals surface area contributed by atoms with Crippen molar-refractivity contribution in [3.05, 3.63) is 11.4 Å². The molecule has 0 fully saturated rings. The van der Waals surface area contributed by atoms with Crippen LogP contribution >= 0.6 is 7.36 Å². The monoisotopic (exact) mass is 118 g/mol. The van der Waals surface area contributed by atoms with Crippen LogP contribution in [0.25, 0.3) is 0 Å². The molecule has 0 rings (SSSR count). The minimum absolute atomic E-state index is 0.973. The van der Waals surface area contributed by atoms with Crippen molar-refractivity contribution in [2.75, 3.05) is 0 Å². The largest absolute Gasteiger partial charge is 0.0793 e. The van der Waals surface area contributed by atoms with E-state index in [9.17, 15) is 0 Å². The summed E-state index contributed by atoms with van der Waals surface area (Å²) in [5.41, 5.74) is 0. The van der Waals surface area contributed by atoms with Crippen LogP contribution in [0, 0.1) is 0 Å². The molecule has 0 aromatic carbocycles. The van der Waals surface area contributed by atoms with Gasteiger partial charge < -0.3 is 0 Å². The number of hydrogen-bond acceptors (Lipinski definition) is 1. The van der Waals surface area contributed by atoms with Gasteiger partial charge in [-0.1, -0.05) is 17.9 Å². The lowest BCUT2D eigenvalue weighted by molar-refractivity contribution is 1.60. The first-order valence-corrected chi connectivity index (χ1v) is 3.68. The first kappa shape index (κ1) is 6.26. The molecule has 0 unspecified atom stereocenters. The van der Waals surface area contributed by atoms with Gasteiger partial charge >= 0.3 is 0 Å². The van der Waals surface area contributed by atoms with Crippen LogP contribution in [0.2, 0.25) is 0 Å². The summed E-state index contributed by atoms with van der Waals surface area (Å²) >= 11 is 4.68. The van der Waals surface area contributed by atoms with E-state index in [1.54, 1.807) is 0 Å². The van der Waals surface area contributed by atoms with Gasteiger partial charge in [0.2, 0.25) is 0 Å². The molecule has 0 bridgehead atoms. The van der Waals surface area contributed by atoms with Gasteiger partial charge in [0.05, 0.1) is 0 Å². The summed E-state index contributed by atoms with van der Waals surface area (Å²) in [7, 11) is 0.973. The van der Waals surface area contributed by atoms with Crippen LogP contribution < -0.4 is 0 Å². The van der Waals surface area contributed by atoms with Crippen molar-refractivity contribution in [3.63, 3.8) is 0 Å². The van der Waals surface area contributed by atoms with E-state index in [-0.39, 0.29) is 0 Å². The molecule has 0 saturated heterocycles. The highest BCUT2D eigenvalue weighted by molar-refractivity contribution is 7.98. The highest BCUT2D eigenvalue weighted by Crippen LogP contribution is 2.07. The Morgan fingerprint density at radius 1 is 1.83 bits per heavy atom. The average molecular weight is 118 g/mol. The fourth-order valence-electron chi connectivity index (χ4n) is 0.0527. The minimum atomic E-state index is 0.973. The van der Waals surface area contributed by atoms with Crippen LogP contribution in [0.3, 0.4) is 0 Å². The van der Waals surface area contributed by atoms with Gasteiger partial charge in [-0.2, -0.15) is 0 Å². The predicted octanol–water partition coefficient (Wildman–Crippen LogP) is 2.32. The molecule has 0 aliphatic heterocycles. The number of allylic oxidation sites excluding steroid dienone is 2. The zero-order valence-corrected chi connectivity index (χ0v) is 5.64. The molecule has 0 saturated carbocycles. The van der Waals surface area contributed by atoms with Crippen molar-refractivity contribution < 1.29 is 0 Å². The minimum Gasteiger partial charge on any atom is -0.0793 e. The van der Waals surface area contributed by atoms with Crippen molar-refractivity contribution in [3.8, 4) is 0 Å². The zero-order chi connectivity index (χ0) is 4.99. The average Bonchev–Trinajstić information content (AvgIpc) is 1.65. The van der Waals surface area contributed by atoms with Crippen LogP contribution in [0.15, 0.2) is 11.4 Å². The van der Waals surface area contributed by atoms with Crippen LogP contribution in [-0.4, -0.2) is 0 Å².